The summed E-state index contributed by atoms with van der Waals surface area (Å²) >= 11 is 5.89. The Balaban J connectivity index is 1.78. The van der Waals surface area contributed by atoms with Gasteiger partial charge in [-0.25, -0.2) is 0 Å². The molecule has 1 aliphatic rings. The third-order valence-electron chi connectivity index (χ3n) is 3.34. The summed E-state index contributed by atoms with van der Waals surface area (Å²) in [5.74, 6) is 0.0168. The summed E-state index contributed by atoms with van der Waals surface area (Å²) in [5, 5.41) is 5.91. The molecule has 1 saturated heterocycles. The van der Waals surface area contributed by atoms with Gasteiger partial charge in [-0.1, -0.05) is 11.6 Å². The zero-order valence-corrected chi connectivity index (χ0v) is 13.1. The molecule has 0 aliphatic carbocycles. The maximum atomic E-state index is 12.1. The monoisotopic (exact) mass is 326 g/mol. The zero-order chi connectivity index (χ0) is 15.9. The van der Waals surface area contributed by atoms with Crippen LogP contribution >= 0.6 is 11.6 Å². The largest absolute Gasteiger partial charge is 0.496 e. The van der Waals surface area contributed by atoms with Gasteiger partial charge in [0.15, 0.2) is 0 Å². The summed E-state index contributed by atoms with van der Waals surface area (Å²) in [6.07, 6.45) is 1.30. The van der Waals surface area contributed by atoms with E-state index in [9.17, 15) is 9.59 Å². The number of hydrogen-bond donors (Lipinski definition) is 2. The van der Waals surface area contributed by atoms with Gasteiger partial charge in [-0.2, -0.15) is 0 Å². The van der Waals surface area contributed by atoms with Crippen molar-refractivity contribution in [2.24, 2.45) is 0 Å². The third-order valence-corrected chi connectivity index (χ3v) is 3.57. The van der Waals surface area contributed by atoms with Crippen molar-refractivity contribution in [1.82, 2.24) is 10.6 Å². The van der Waals surface area contributed by atoms with Crippen molar-refractivity contribution >= 4 is 23.4 Å². The lowest BCUT2D eigenvalue weighted by atomic mass is 10.2. The lowest BCUT2D eigenvalue weighted by Crippen LogP contribution is -2.39. The first-order chi connectivity index (χ1) is 10.6. The van der Waals surface area contributed by atoms with Crippen molar-refractivity contribution in [1.29, 1.82) is 0 Å². The number of carbonyl (C=O) groups excluding carboxylic acids is 2. The van der Waals surface area contributed by atoms with Crippen molar-refractivity contribution in [2.45, 2.75) is 18.9 Å². The molecule has 0 saturated carbocycles. The Labute approximate surface area is 134 Å². The quantitative estimate of drug-likeness (QED) is 0.774. The summed E-state index contributed by atoms with van der Waals surface area (Å²) in [5.41, 5.74) is 0.362. The van der Waals surface area contributed by atoms with Crippen molar-refractivity contribution in [3.8, 4) is 5.75 Å². The van der Waals surface area contributed by atoms with Crippen LogP contribution in [0.25, 0.3) is 0 Å². The van der Waals surface area contributed by atoms with E-state index in [4.69, 9.17) is 21.1 Å². The van der Waals surface area contributed by atoms with Crippen LogP contribution in [0.3, 0.4) is 0 Å². The Morgan fingerprint density at radius 2 is 2.14 bits per heavy atom. The second-order valence-corrected chi connectivity index (χ2v) is 5.33. The molecule has 2 rings (SSSR count). The number of nitrogens with one attached hydrogen (secondary N) is 2. The van der Waals surface area contributed by atoms with Crippen molar-refractivity contribution in [3.63, 3.8) is 0 Å². The number of hydrogen-bond acceptors (Lipinski definition) is 4. The number of carbonyl (C=O) groups is 2. The van der Waals surface area contributed by atoms with Crippen molar-refractivity contribution in [2.75, 3.05) is 26.8 Å². The summed E-state index contributed by atoms with van der Waals surface area (Å²) in [7, 11) is 1.49. The smallest absolute Gasteiger partial charge is 0.255 e. The Kier molecular flexibility index (Phi) is 6.03. The normalized spacial score (nSPS) is 17.1. The van der Waals surface area contributed by atoms with Crippen LogP contribution in [0.15, 0.2) is 18.2 Å². The molecule has 1 fully saturated rings. The van der Waals surface area contributed by atoms with Gasteiger partial charge in [0.2, 0.25) is 5.91 Å². The highest BCUT2D eigenvalue weighted by Gasteiger charge is 2.22. The maximum Gasteiger partial charge on any atom is 0.255 e. The average molecular weight is 327 g/mol. The molecule has 1 aliphatic heterocycles. The van der Waals surface area contributed by atoms with E-state index in [0.29, 0.717) is 36.0 Å². The predicted octanol–water partition coefficient (Wildman–Crippen LogP) is 1.37. The second-order valence-electron chi connectivity index (χ2n) is 4.89. The molecular weight excluding hydrogens is 308 g/mol. The molecule has 0 aromatic heterocycles. The van der Waals surface area contributed by atoms with Gasteiger partial charge in [0.05, 0.1) is 12.7 Å². The van der Waals surface area contributed by atoms with Gasteiger partial charge in [-0.3, -0.25) is 9.59 Å². The maximum absolute atomic E-state index is 12.1. The molecule has 1 atom stereocenters. The zero-order valence-electron chi connectivity index (χ0n) is 12.4. The Morgan fingerprint density at radius 3 is 2.82 bits per heavy atom. The van der Waals surface area contributed by atoms with Crippen LogP contribution < -0.4 is 15.4 Å². The topological polar surface area (TPSA) is 76.7 Å². The lowest BCUT2D eigenvalue weighted by molar-refractivity contribution is -0.129. The van der Waals surface area contributed by atoms with E-state index in [1.165, 1.54) is 7.11 Å². The summed E-state index contributed by atoms with van der Waals surface area (Å²) in [6.45, 7) is 1.28. The molecule has 1 aromatic carbocycles. The second kappa shape index (κ2) is 8.00. The number of benzene rings is 1. The molecule has 2 N–H and O–H groups in total. The van der Waals surface area contributed by atoms with Gasteiger partial charge in [0, 0.05) is 24.7 Å². The third kappa shape index (κ3) is 4.35. The number of ether oxygens (including phenoxy) is 2. The number of amides is 2. The van der Waals surface area contributed by atoms with Crippen molar-refractivity contribution in [3.05, 3.63) is 28.8 Å². The molecule has 6 nitrogen and oxygen atoms in total. The first-order valence-corrected chi connectivity index (χ1v) is 7.50. The fourth-order valence-corrected chi connectivity index (χ4v) is 2.38. The minimum Gasteiger partial charge on any atom is -0.496 e. The van der Waals surface area contributed by atoms with E-state index < -0.39 is 0 Å². The van der Waals surface area contributed by atoms with Gasteiger partial charge in [0.1, 0.15) is 11.9 Å². The molecule has 1 unspecified atom stereocenters. The average Bonchev–Trinajstić information content (AvgIpc) is 3.05. The van der Waals surface area contributed by atoms with Crippen LogP contribution in [0, 0.1) is 0 Å². The number of halogens is 1. The van der Waals surface area contributed by atoms with E-state index >= 15 is 0 Å². The Hall–Kier alpha value is -1.79. The predicted molar refractivity (Wildman–Crippen MR) is 82.3 cm³/mol. The van der Waals surface area contributed by atoms with Crippen LogP contribution in [-0.2, 0) is 9.53 Å². The minimum absolute atomic E-state index is 0.132. The van der Waals surface area contributed by atoms with Gasteiger partial charge in [-0.05, 0) is 31.0 Å². The fourth-order valence-electron chi connectivity index (χ4n) is 2.21. The molecular formula is C15H19ClN2O4. The van der Waals surface area contributed by atoms with Crippen LogP contribution in [0.4, 0.5) is 0 Å². The number of methoxy groups -OCH3 is 1. The van der Waals surface area contributed by atoms with E-state index in [1.807, 2.05) is 0 Å². The van der Waals surface area contributed by atoms with E-state index in [1.54, 1.807) is 18.2 Å². The molecule has 1 heterocycles. The van der Waals surface area contributed by atoms with Crippen LogP contribution in [0.5, 0.6) is 5.75 Å². The SMILES string of the molecule is COc1ccc(Cl)cc1C(=O)NCCNC(=O)C1CCCO1. The molecule has 22 heavy (non-hydrogen) atoms. The van der Waals surface area contributed by atoms with Gasteiger partial charge in [0.25, 0.3) is 5.91 Å². The van der Waals surface area contributed by atoms with E-state index in [0.717, 1.165) is 12.8 Å². The molecule has 1 aromatic rings. The van der Waals surface area contributed by atoms with Gasteiger partial charge >= 0.3 is 0 Å². The highest BCUT2D eigenvalue weighted by molar-refractivity contribution is 6.31. The molecule has 0 bridgehead atoms. The summed E-state index contributed by atoms with van der Waals surface area (Å²) in [4.78, 5) is 23.8. The van der Waals surface area contributed by atoms with Gasteiger partial charge < -0.3 is 20.1 Å². The first kappa shape index (κ1) is 16.6. The molecule has 120 valence electrons. The van der Waals surface area contributed by atoms with Gasteiger partial charge in [-0.15, -0.1) is 0 Å². The number of rotatable bonds is 6. The standard InChI is InChI=1S/C15H19ClN2O4/c1-21-12-5-4-10(16)9-11(12)14(19)17-6-7-18-15(20)13-3-2-8-22-13/h4-5,9,13H,2-3,6-8H2,1H3,(H,17,19)(H,18,20). The molecule has 2 amide bonds. The van der Waals surface area contributed by atoms with Crippen LogP contribution in [0.1, 0.15) is 23.2 Å². The van der Waals surface area contributed by atoms with Crippen molar-refractivity contribution < 1.29 is 19.1 Å². The summed E-state index contributed by atoms with van der Waals surface area (Å²) in [6, 6.07) is 4.83. The fraction of sp³-hybridized carbons (Fsp3) is 0.467. The summed E-state index contributed by atoms with van der Waals surface area (Å²) < 4.78 is 10.4. The van der Waals surface area contributed by atoms with Crippen LogP contribution in [-0.4, -0.2) is 44.7 Å². The van der Waals surface area contributed by atoms with E-state index in [-0.39, 0.29) is 17.9 Å². The lowest BCUT2D eigenvalue weighted by Gasteiger charge is -2.12. The van der Waals surface area contributed by atoms with E-state index in [2.05, 4.69) is 10.6 Å². The molecule has 0 spiro atoms. The highest BCUT2D eigenvalue weighted by Crippen LogP contribution is 2.22. The minimum atomic E-state index is -0.358. The first-order valence-electron chi connectivity index (χ1n) is 7.13. The highest BCUT2D eigenvalue weighted by atomic mass is 35.5. The molecule has 0 radical (unpaired) electrons. The Morgan fingerprint density at radius 1 is 1.36 bits per heavy atom. The molecule has 7 heteroatoms. The van der Waals surface area contributed by atoms with Crippen LogP contribution in [0.2, 0.25) is 5.02 Å². The Bertz CT molecular complexity index is 544.